The second kappa shape index (κ2) is 14.5. The van der Waals surface area contributed by atoms with Crippen molar-refractivity contribution in [1.82, 2.24) is 10.2 Å². The molecule has 45 heavy (non-hydrogen) atoms. The Morgan fingerprint density at radius 3 is 2.00 bits per heavy atom. The number of sulfonamides is 1. The molecule has 4 aromatic rings. The van der Waals surface area contributed by atoms with Crippen LogP contribution in [0.5, 0.6) is 0 Å². The first kappa shape index (κ1) is 34.0. The quantitative estimate of drug-likeness (QED) is 0.186. The normalized spacial score (nSPS) is 12.3. The summed E-state index contributed by atoms with van der Waals surface area (Å²) in [6.45, 7) is 6.89. The molecule has 0 bridgehead atoms. The van der Waals surface area contributed by atoms with Crippen molar-refractivity contribution in [3.05, 3.63) is 130 Å². The van der Waals surface area contributed by atoms with Crippen LogP contribution in [0.15, 0.2) is 108 Å². The summed E-state index contributed by atoms with van der Waals surface area (Å²) in [5, 5.41) is 3.71. The molecule has 7 nitrogen and oxygen atoms in total. The van der Waals surface area contributed by atoms with Crippen LogP contribution in [0, 0.1) is 6.92 Å². The number of carbonyl (C=O) groups excluding carboxylic acids is 2. The minimum atomic E-state index is -4.25. The van der Waals surface area contributed by atoms with Gasteiger partial charge in [0.05, 0.1) is 15.6 Å². The molecule has 1 atom stereocenters. The number of nitrogens with one attached hydrogen (secondary N) is 1. The van der Waals surface area contributed by atoms with Crippen molar-refractivity contribution in [2.45, 2.75) is 57.1 Å². The molecule has 0 aromatic heterocycles. The number of carbonyl (C=O) groups is 2. The molecular formula is C35H37Cl2N3O4S. The average molecular weight is 667 g/mol. The molecule has 10 heteroatoms. The van der Waals surface area contributed by atoms with E-state index in [2.05, 4.69) is 5.32 Å². The van der Waals surface area contributed by atoms with E-state index in [-0.39, 0.29) is 34.5 Å². The lowest BCUT2D eigenvalue weighted by atomic mass is 10.0. The summed E-state index contributed by atoms with van der Waals surface area (Å²) in [6, 6.07) is 28.2. The lowest BCUT2D eigenvalue weighted by Gasteiger charge is -2.35. The van der Waals surface area contributed by atoms with Crippen molar-refractivity contribution in [1.29, 1.82) is 0 Å². The monoisotopic (exact) mass is 665 g/mol. The van der Waals surface area contributed by atoms with E-state index >= 15 is 0 Å². The Bertz CT molecular complexity index is 1720. The van der Waals surface area contributed by atoms with E-state index in [0.717, 1.165) is 21.0 Å². The number of hydrogen-bond acceptors (Lipinski definition) is 4. The molecule has 1 unspecified atom stereocenters. The highest BCUT2D eigenvalue weighted by Gasteiger charge is 2.36. The van der Waals surface area contributed by atoms with Crippen molar-refractivity contribution in [2.24, 2.45) is 0 Å². The Labute approximate surface area is 275 Å². The van der Waals surface area contributed by atoms with E-state index in [1.165, 1.54) is 17.0 Å². The largest absolute Gasteiger partial charge is 0.350 e. The molecule has 0 heterocycles. The number of amides is 2. The summed E-state index contributed by atoms with van der Waals surface area (Å²) in [7, 11) is -4.25. The number of hydrogen-bond donors (Lipinski definition) is 1. The predicted octanol–water partition coefficient (Wildman–Crippen LogP) is 7.05. The molecule has 0 spiro atoms. The van der Waals surface area contributed by atoms with E-state index in [1.54, 1.807) is 60.7 Å². The van der Waals surface area contributed by atoms with Crippen molar-refractivity contribution in [3.63, 3.8) is 0 Å². The molecule has 1 N–H and O–H groups in total. The number of rotatable bonds is 11. The minimum absolute atomic E-state index is 0.0105. The summed E-state index contributed by atoms with van der Waals surface area (Å²) in [4.78, 5) is 29.9. The Kier molecular flexibility index (Phi) is 11.0. The van der Waals surface area contributed by atoms with Gasteiger partial charge in [0, 0.05) is 23.5 Å². The fourth-order valence-corrected chi connectivity index (χ4v) is 6.65. The van der Waals surface area contributed by atoms with Gasteiger partial charge in [-0.25, -0.2) is 8.42 Å². The second-order valence-electron chi connectivity index (χ2n) is 11.9. The van der Waals surface area contributed by atoms with Gasteiger partial charge >= 0.3 is 0 Å². The van der Waals surface area contributed by atoms with Gasteiger partial charge in [0.25, 0.3) is 10.0 Å². The van der Waals surface area contributed by atoms with E-state index in [1.807, 2.05) is 58.0 Å². The molecule has 0 saturated heterocycles. The molecule has 0 aliphatic rings. The van der Waals surface area contributed by atoms with Crippen molar-refractivity contribution in [3.8, 4) is 0 Å². The van der Waals surface area contributed by atoms with Crippen LogP contribution >= 0.6 is 23.2 Å². The fourth-order valence-electron chi connectivity index (χ4n) is 4.80. The summed E-state index contributed by atoms with van der Waals surface area (Å²) >= 11 is 12.7. The number of para-hydroxylation sites is 1. The topological polar surface area (TPSA) is 86.8 Å². The highest BCUT2D eigenvalue weighted by Crippen LogP contribution is 2.31. The Balaban J connectivity index is 1.82. The van der Waals surface area contributed by atoms with Gasteiger partial charge in [-0.3, -0.25) is 13.9 Å². The summed E-state index contributed by atoms with van der Waals surface area (Å²) < 4.78 is 29.3. The van der Waals surface area contributed by atoms with E-state index in [4.69, 9.17) is 23.2 Å². The molecular weight excluding hydrogens is 629 g/mol. The highest BCUT2D eigenvalue weighted by atomic mass is 35.5. The first-order chi connectivity index (χ1) is 21.2. The zero-order valence-electron chi connectivity index (χ0n) is 25.7. The van der Waals surface area contributed by atoms with Gasteiger partial charge in [-0.05, 0) is 75.2 Å². The molecule has 0 radical (unpaired) electrons. The van der Waals surface area contributed by atoms with Crippen LogP contribution in [0.2, 0.25) is 10.0 Å². The summed E-state index contributed by atoms with van der Waals surface area (Å²) in [6.07, 6.45) is 0.207. The lowest BCUT2D eigenvalue weighted by Crippen LogP contribution is -2.56. The zero-order valence-corrected chi connectivity index (χ0v) is 28.0. The van der Waals surface area contributed by atoms with Crippen LogP contribution in [0.3, 0.4) is 0 Å². The van der Waals surface area contributed by atoms with Crippen LogP contribution in [0.4, 0.5) is 5.69 Å². The molecule has 0 aliphatic heterocycles. The fraction of sp³-hybridized carbons (Fsp3) is 0.257. The third kappa shape index (κ3) is 9.10. The Morgan fingerprint density at radius 2 is 1.40 bits per heavy atom. The smallest absolute Gasteiger partial charge is 0.264 e. The van der Waals surface area contributed by atoms with Crippen LogP contribution in [-0.2, 0) is 32.6 Å². The van der Waals surface area contributed by atoms with Gasteiger partial charge in [-0.1, -0.05) is 95.5 Å². The first-order valence-corrected chi connectivity index (χ1v) is 16.7. The zero-order chi connectivity index (χ0) is 32.8. The predicted molar refractivity (Wildman–Crippen MR) is 181 cm³/mol. The molecule has 0 fully saturated rings. The van der Waals surface area contributed by atoms with Crippen LogP contribution in [0.1, 0.15) is 37.5 Å². The van der Waals surface area contributed by atoms with E-state index in [9.17, 15) is 18.0 Å². The van der Waals surface area contributed by atoms with Crippen molar-refractivity contribution < 1.29 is 18.0 Å². The Morgan fingerprint density at radius 1 is 0.800 bits per heavy atom. The van der Waals surface area contributed by atoms with Gasteiger partial charge in [0.1, 0.15) is 12.6 Å². The van der Waals surface area contributed by atoms with Crippen LogP contribution < -0.4 is 9.62 Å². The number of halogens is 2. The van der Waals surface area contributed by atoms with E-state index < -0.39 is 34.1 Å². The van der Waals surface area contributed by atoms with Crippen molar-refractivity contribution >= 4 is 50.7 Å². The van der Waals surface area contributed by atoms with E-state index in [0.29, 0.717) is 5.02 Å². The SMILES string of the molecule is Cc1ccc(S(=O)(=O)N(CC(=O)N(Cc2ccc(Cl)cc2)C(Cc2ccccc2)C(=O)NC(C)(C)C)c2ccccc2Cl)cc1. The van der Waals surface area contributed by atoms with Crippen molar-refractivity contribution in [2.75, 3.05) is 10.8 Å². The maximum absolute atomic E-state index is 14.5. The summed E-state index contributed by atoms with van der Waals surface area (Å²) in [5.74, 6) is -0.940. The first-order valence-electron chi connectivity index (χ1n) is 14.5. The lowest BCUT2D eigenvalue weighted by molar-refractivity contribution is -0.140. The molecule has 2 amide bonds. The van der Waals surface area contributed by atoms with Gasteiger partial charge in [0.2, 0.25) is 11.8 Å². The third-order valence-electron chi connectivity index (χ3n) is 7.04. The van der Waals surface area contributed by atoms with Crippen LogP contribution in [0.25, 0.3) is 0 Å². The number of benzene rings is 4. The average Bonchev–Trinajstić information content (AvgIpc) is 2.99. The third-order valence-corrected chi connectivity index (χ3v) is 9.39. The number of aryl methyl sites for hydroxylation is 1. The van der Waals surface area contributed by atoms with Crippen LogP contribution in [-0.4, -0.2) is 43.3 Å². The molecule has 236 valence electrons. The maximum atomic E-state index is 14.5. The Hall–Kier alpha value is -3.85. The van der Waals surface area contributed by atoms with Gasteiger partial charge in [-0.15, -0.1) is 0 Å². The summed E-state index contributed by atoms with van der Waals surface area (Å²) in [5.41, 5.74) is 2.02. The molecule has 0 saturated carbocycles. The minimum Gasteiger partial charge on any atom is -0.350 e. The molecule has 0 aliphatic carbocycles. The molecule has 4 aromatic carbocycles. The number of anilines is 1. The van der Waals surface area contributed by atoms with Gasteiger partial charge in [0.15, 0.2) is 0 Å². The van der Waals surface area contributed by atoms with Gasteiger partial charge in [-0.2, -0.15) is 0 Å². The maximum Gasteiger partial charge on any atom is 0.264 e. The second-order valence-corrected chi connectivity index (χ2v) is 14.6. The molecule has 4 rings (SSSR count). The highest BCUT2D eigenvalue weighted by molar-refractivity contribution is 7.92. The standard InChI is InChI=1S/C35H37Cl2N3O4S/c1-25-14-20-29(21-15-25)45(43,44)40(31-13-9-8-12-30(31)37)24-33(41)39(23-27-16-18-28(36)19-17-27)32(34(42)38-35(2,3)4)22-26-10-6-5-7-11-26/h5-21,32H,22-24H2,1-4H3,(H,38,42). The van der Waals surface area contributed by atoms with Gasteiger partial charge < -0.3 is 10.2 Å². The number of nitrogens with zero attached hydrogens (tertiary/aromatic N) is 2.